The van der Waals surface area contributed by atoms with Crippen LogP contribution in [0.4, 0.5) is 4.39 Å². The molecule has 1 amide bonds. The van der Waals surface area contributed by atoms with E-state index in [9.17, 15) is 9.18 Å². The Morgan fingerprint density at radius 2 is 1.89 bits per heavy atom. The third-order valence-electron chi connectivity index (χ3n) is 4.12. The van der Waals surface area contributed by atoms with Crippen LogP contribution in [0.15, 0.2) is 71.8 Å². The molecule has 0 aliphatic rings. The summed E-state index contributed by atoms with van der Waals surface area (Å²) >= 11 is 0. The van der Waals surface area contributed by atoms with Gasteiger partial charge in [0.1, 0.15) is 12.4 Å². The number of nitrogens with zero attached hydrogens (tertiary/aromatic N) is 4. The van der Waals surface area contributed by atoms with Crippen LogP contribution in [0.1, 0.15) is 21.8 Å². The van der Waals surface area contributed by atoms with Crippen molar-refractivity contribution in [3.63, 3.8) is 0 Å². The second kappa shape index (κ2) is 7.83. The van der Waals surface area contributed by atoms with E-state index in [1.807, 2.05) is 18.3 Å². The molecule has 28 heavy (non-hydrogen) atoms. The number of hydrogen-bond donors (Lipinski definition) is 1. The summed E-state index contributed by atoms with van der Waals surface area (Å²) in [4.78, 5) is 16.2. The van der Waals surface area contributed by atoms with Crippen LogP contribution >= 0.6 is 0 Å². The second-order valence-electron chi connectivity index (χ2n) is 6.15. The van der Waals surface area contributed by atoms with Gasteiger partial charge < -0.3 is 9.84 Å². The molecular formula is C20H16FN5O2. The number of amides is 1. The molecule has 0 aliphatic heterocycles. The van der Waals surface area contributed by atoms with Crippen LogP contribution in [0, 0.1) is 5.82 Å². The van der Waals surface area contributed by atoms with Crippen LogP contribution in [0.3, 0.4) is 0 Å². The highest BCUT2D eigenvalue weighted by Crippen LogP contribution is 2.17. The SMILES string of the molecule is O=C(NCc1ccc(F)cc1)c1cc(Cn2cc(-c3ccncc3)cn2)on1. The maximum Gasteiger partial charge on any atom is 0.273 e. The Balaban J connectivity index is 1.37. The number of hydrogen-bond acceptors (Lipinski definition) is 5. The van der Waals surface area contributed by atoms with E-state index >= 15 is 0 Å². The molecule has 0 atom stereocenters. The molecule has 0 aliphatic carbocycles. The van der Waals surface area contributed by atoms with Gasteiger partial charge in [-0.05, 0) is 35.4 Å². The standard InChI is InChI=1S/C20H16FN5O2/c21-17-3-1-14(2-4-17)10-23-20(27)19-9-18(28-25-19)13-26-12-16(11-24-26)15-5-7-22-8-6-15/h1-9,11-12H,10,13H2,(H,23,27). The van der Waals surface area contributed by atoms with Crippen molar-refractivity contribution in [3.8, 4) is 11.1 Å². The summed E-state index contributed by atoms with van der Waals surface area (Å²) in [7, 11) is 0. The van der Waals surface area contributed by atoms with Crippen molar-refractivity contribution in [1.82, 2.24) is 25.2 Å². The van der Waals surface area contributed by atoms with Crippen LogP contribution in [0.5, 0.6) is 0 Å². The van der Waals surface area contributed by atoms with Gasteiger partial charge in [-0.2, -0.15) is 5.10 Å². The van der Waals surface area contributed by atoms with E-state index in [2.05, 4.69) is 20.6 Å². The maximum absolute atomic E-state index is 12.9. The third-order valence-corrected chi connectivity index (χ3v) is 4.12. The van der Waals surface area contributed by atoms with Crippen molar-refractivity contribution >= 4 is 5.91 Å². The highest BCUT2D eigenvalue weighted by atomic mass is 19.1. The summed E-state index contributed by atoms with van der Waals surface area (Å²) in [5.41, 5.74) is 2.94. The fourth-order valence-corrected chi connectivity index (χ4v) is 2.67. The predicted molar refractivity (Wildman–Crippen MR) is 98.6 cm³/mol. The molecule has 0 fully saturated rings. The van der Waals surface area contributed by atoms with E-state index in [0.717, 1.165) is 16.7 Å². The van der Waals surface area contributed by atoms with E-state index in [-0.39, 0.29) is 24.0 Å². The molecule has 4 rings (SSSR count). The predicted octanol–water partition coefficient (Wildman–Crippen LogP) is 3.05. The molecule has 0 spiro atoms. The molecule has 3 aromatic heterocycles. The summed E-state index contributed by atoms with van der Waals surface area (Å²) in [5.74, 6) is -0.171. The number of benzene rings is 1. The Morgan fingerprint density at radius 3 is 2.68 bits per heavy atom. The Labute approximate surface area is 159 Å². The minimum Gasteiger partial charge on any atom is -0.359 e. The highest BCUT2D eigenvalue weighted by molar-refractivity contribution is 5.92. The fourth-order valence-electron chi connectivity index (χ4n) is 2.67. The Hall–Kier alpha value is -3.81. The monoisotopic (exact) mass is 377 g/mol. The number of aromatic nitrogens is 4. The van der Waals surface area contributed by atoms with Crippen molar-refractivity contribution in [2.45, 2.75) is 13.1 Å². The summed E-state index contributed by atoms with van der Waals surface area (Å²) in [6.07, 6.45) is 7.08. The first-order chi connectivity index (χ1) is 13.7. The Kier molecular flexibility index (Phi) is 4.92. The van der Waals surface area contributed by atoms with Crippen molar-refractivity contribution < 1.29 is 13.7 Å². The number of pyridine rings is 1. The molecule has 0 bridgehead atoms. The first kappa shape index (κ1) is 17.6. The number of halogens is 1. The van der Waals surface area contributed by atoms with E-state index in [4.69, 9.17) is 4.52 Å². The number of rotatable bonds is 6. The van der Waals surface area contributed by atoms with Crippen molar-refractivity contribution in [2.75, 3.05) is 0 Å². The lowest BCUT2D eigenvalue weighted by Gasteiger charge is -2.02. The third kappa shape index (κ3) is 4.12. The summed E-state index contributed by atoms with van der Waals surface area (Å²) in [5, 5.41) is 10.8. The van der Waals surface area contributed by atoms with Crippen LogP contribution in [-0.4, -0.2) is 25.8 Å². The molecule has 8 heteroatoms. The van der Waals surface area contributed by atoms with Crippen LogP contribution in [0.2, 0.25) is 0 Å². The lowest BCUT2D eigenvalue weighted by atomic mass is 10.1. The van der Waals surface area contributed by atoms with E-state index in [1.165, 1.54) is 12.1 Å². The summed E-state index contributed by atoms with van der Waals surface area (Å²) in [6.45, 7) is 0.624. The normalized spacial score (nSPS) is 10.8. The minimum atomic E-state index is -0.364. The lowest BCUT2D eigenvalue weighted by molar-refractivity contribution is 0.0941. The van der Waals surface area contributed by atoms with Gasteiger partial charge in [-0.15, -0.1) is 0 Å². The number of nitrogens with one attached hydrogen (secondary N) is 1. The van der Waals surface area contributed by atoms with Gasteiger partial charge in [0.25, 0.3) is 5.91 Å². The van der Waals surface area contributed by atoms with Crippen molar-refractivity contribution in [3.05, 3.63) is 90.1 Å². The van der Waals surface area contributed by atoms with Gasteiger partial charge in [0.2, 0.25) is 0 Å². The van der Waals surface area contributed by atoms with E-state index < -0.39 is 0 Å². The molecule has 0 saturated heterocycles. The molecule has 1 aromatic carbocycles. The van der Waals surface area contributed by atoms with E-state index in [0.29, 0.717) is 12.3 Å². The topological polar surface area (TPSA) is 85.8 Å². The smallest absolute Gasteiger partial charge is 0.273 e. The molecular weight excluding hydrogens is 361 g/mol. The quantitative estimate of drug-likeness (QED) is 0.558. The van der Waals surface area contributed by atoms with Gasteiger partial charge in [-0.1, -0.05) is 17.3 Å². The van der Waals surface area contributed by atoms with Gasteiger partial charge in [0.05, 0.1) is 6.20 Å². The van der Waals surface area contributed by atoms with Crippen LogP contribution in [-0.2, 0) is 13.1 Å². The van der Waals surface area contributed by atoms with Crippen molar-refractivity contribution in [1.29, 1.82) is 0 Å². The molecule has 1 N–H and O–H groups in total. The molecule has 0 radical (unpaired) electrons. The fraction of sp³-hybridized carbons (Fsp3) is 0.100. The Morgan fingerprint density at radius 1 is 1.11 bits per heavy atom. The van der Waals surface area contributed by atoms with Gasteiger partial charge in [0, 0.05) is 36.8 Å². The number of carbonyl (C=O) groups excluding carboxylic acids is 1. The summed E-state index contributed by atoms with van der Waals surface area (Å²) in [6, 6.07) is 11.3. The van der Waals surface area contributed by atoms with Crippen LogP contribution in [0.25, 0.3) is 11.1 Å². The molecule has 3 heterocycles. The number of carbonyl (C=O) groups is 1. The van der Waals surface area contributed by atoms with Gasteiger partial charge in [-0.3, -0.25) is 14.5 Å². The van der Waals surface area contributed by atoms with Crippen molar-refractivity contribution in [2.24, 2.45) is 0 Å². The molecule has 140 valence electrons. The zero-order valence-corrected chi connectivity index (χ0v) is 14.7. The van der Waals surface area contributed by atoms with Crippen LogP contribution < -0.4 is 5.32 Å². The zero-order valence-electron chi connectivity index (χ0n) is 14.7. The average Bonchev–Trinajstić information content (AvgIpc) is 3.38. The molecule has 7 nitrogen and oxygen atoms in total. The zero-order chi connectivity index (χ0) is 19.3. The maximum atomic E-state index is 12.9. The largest absolute Gasteiger partial charge is 0.359 e. The van der Waals surface area contributed by atoms with Gasteiger partial charge in [0.15, 0.2) is 11.5 Å². The van der Waals surface area contributed by atoms with Gasteiger partial charge in [-0.25, -0.2) is 4.39 Å². The lowest BCUT2D eigenvalue weighted by Crippen LogP contribution is -2.23. The second-order valence-corrected chi connectivity index (χ2v) is 6.15. The first-order valence-electron chi connectivity index (χ1n) is 8.58. The first-order valence-corrected chi connectivity index (χ1v) is 8.58. The minimum absolute atomic E-state index is 0.179. The molecule has 0 saturated carbocycles. The molecule has 0 unspecified atom stereocenters. The van der Waals surface area contributed by atoms with E-state index in [1.54, 1.807) is 41.5 Å². The highest BCUT2D eigenvalue weighted by Gasteiger charge is 2.13. The van der Waals surface area contributed by atoms with Gasteiger partial charge >= 0.3 is 0 Å². The Bertz CT molecular complexity index is 1070. The average molecular weight is 377 g/mol. The summed E-state index contributed by atoms with van der Waals surface area (Å²) < 4.78 is 19.9. The molecule has 4 aromatic rings.